The highest BCUT2D eigenvalue weighted by Gasteiger charge is 2.21. The van der Waals surface area contributed by atoms with E-state index in [1.54, 1.807) is 42.5 Å². The Morgan fingerprint density at radius 1 is 0.917 bits per heavy atom. The van der Waals surface area contributed by atoms with Gasteiger partial charge in [-0.3, -0.25) is 9.10 Å². The fourth-order valence-electron chi connectivity index (χ4n) is 4.27. The zero-order valence-corrected chi connectivity index (χ0v) is 22.4. The summed E-state index contributed by atoms with van der Waals surface area (Å²) in [6.45, 7) is 2.57. The average molecular weight is 547 g/mol. The zero-order chi connectivity index (χ0) is 25.7. The molecule has 3 aromatic rings. The van der Waals surface area contributed by atoms with Crippen LogP contribution in [0.4, 0.5) is 11.4 Å². The summed E-state index contributed by atoms with van der Waals surface area (Å²) in [5.41, 5.74) is 3.60. The number of hydrogen-bond acceptors (Lipinski definition) is 4. The highest BCUT2D eigenvalue weighted by atomic mass is 35.5. The van der Waals surface area contributed by atoms with Crippen molar-refractivity contribution in [3.05, 3.63) is 93.5 Å². The molecule has 0 atom stereocenters. The maximum absolute atomic E-state index is 12.7. The van der Waals surface area contributed by atoms with Crippen LogP contribution < -0.4 is 14.5 Å². The lowest BCUT2D eigenvalue weighted by Gasteiger charge is -2.28. The normalized spacial score (nSPS) is 13.9. The highest BCUT2D eigenvalue weighted by molar-refractivity contribution is 7.92. The molecule has 36 heavy (non-hydrogen) atoms. The lowest BCUT2D eigenvalue weighted by atomic mass is 10.1. The molecular formula is C27H29Cl2N3O3S. The van der Waals surface area contributed by atoms with E-state index in [1.165, 1.54) is 29.3 Å². The van der Waals surface area contributed by atoms with Gasteiger partial charge in [-0.1, -0.05) is 41.4 Å². The van der Waals surface area contributed by atoms with Gasteiger partial charge in [0.25, 0.3) is 5.91 Å². The molecule has 0 unspecified atom stereocenters. The Hall–Kier alpha value is -2.74. The number of halogens is 2. The number of piperidine rings is 1. The highest BCUT2D eigenvalue weighted by Crippen LogP contribution is 2.29. The van der Waals surface area contributed by atoms with E-state index in [0.29, 0.717) is 33.4 Å². The number of nitrogens with zero attached hydrogens (tertiary/aromatic N) is 2. The molecule has 1 N–H and O–H groups in total. The van der Waals surface area contributed by atoms with Crippen molar-refractivity contribution >= 4 is 50.5 Å². The molecule has 0 aromatic heterocycles. The van der Waals surface area contributed by atoms with Crippen LogP contribution in [0.5, 0.6) is 0 Å². The number of anilines is 2. The number of hydrogen-bond donors (Lipinski definition) is 1. The van der Waals surface area contributed by atoms with E-state index >= 15 is 0 Å². The van der Waals surface area contributed by atoms with Crippen LogP contribution in [-0.4, -0.2) is 33.7 Å². The van der Waals surface area contributed by atoms with E-state index in [-0.39, 0.29) is 12.5 Å². The molecule has 1 aliphatic rings. The molecule has 3 aromatic carbocycles. The summed E-state index contributed by atoms with van der Waals surface area (Å²) in [5.74, 6) is -0.235. The molecule has 4 rings (SSSR count). The number of sulfonamides is 1. The van der Waals surface area contributed by atoms with Gasteiger partial charge in [0.1, 0.15) is 0 Å². The van der Waals surface area contributed by atoms with Gasteiger partial charge in [-0.2, -0.15) is 0 Å². The Morgan fingerprint density at radius 3 is 2.11 bits per heavy atom. The van der Waals surface area contributed by atoms with Crippen LogP contribution in [0.2, 0.25) is 10.0 Å². The fourth-order valence-corrected chi connectivity index (χ4v) is 5.65. The third kappa shape index (κ3) is 6.52. The number of carbonyl (C=O) groups is 1. The van der Waals surface area contributed by atoms with E-state index in [4.69, 9.17) is 23.2 Å². The Morgan fingerprint density at radius 2 is 1.53 bits per heavy atom. The maximum Gasteiger partial charge on any atom is 0.251 e. The number of rotatable bonds is 8. The quantitative estimate of drug-likeness (QED) is 0.383. The molecule has 1 aliphatic heterocycles. The summed E-state index contributed by atoms with van der Waals surface area (Å²) in [5, 5.41) is 3.70. The van der Waals surface area contributed by atoms with Crippen molar-refractivity contribution in [2.24, 2.45) is 0 Å². The van der Waals surface area contributed by atoms with Crippen molar-refractivity contribution in [2.45, 2.75) is 32.4 Å². The minimum Gasteiger partial charge on any atom is -0.372 e. The Bertz CT molecular complexity index is 1290. The second-order valence-electron chi connectivity index (χ2n) is 8.91. The van der Waals surface area contributed by atoms with Crippen LogP contribution in [0.1, 0.15) is 40.7 Å². The van der Waals surface area contributed by atoms with Crippen LogP contribution >= 0.6 is 23.2 Å². The maximum atomic E-state index is 12.7. The molecule has 1 heterocycles. The van der Waals surface area contributed by atoms with Gasteiger partial charge in [-0.15, -0.1) is 0 Å². The zero-order valence-electron chi connectivity index (χ0n) is 20.1. The van der Waals surface area contributed by atoms with Crippen molar-refractivity contribution in [3.8, 4) is 0 Å². The smallest absolute Gasteiger partial charge is 0.251 e. The Balaban J connectivity index is 1.41. The van der Waals surface area contributed by atoms with E-state index < -0.39 is 10.0 Å². The number of benzene rings is 3. The van der Waals surface area contributed by atoms with Gasteiger partial charge in [-0.25, -0.2) is 8.42 Å². The van der Waals surface area contributed by atoms with Crippen LogP contribution in [0.25, 0.3) is 0 Å². The molecular weight excluding hydrogens is 517 g/mol. The lowest BCUT2D eigenvalue weighted by molar-refractivity contribution is 0.0951. The van der Waals surface area contributed by atoms with Crippen molar-refractivity contribution in [3.63, 3.8) is 0 Å². The van der Waals surface area contributed by atoms with E-state index in [9.17, 15) is 13.2 Å². The van der Waals surface area contributed by atoms with Gasteiger partial charge >= 0.3 is 0 Å². The monoisotopic (exact) mass is 545 g/mol. The molecule has 1 saturated heterocycles. The van der Waals surface area contributed by atoms with Gasteiger partial charge in [-0.05, 0) is 73.4 Å². The second-order valence-corrected chi connectivity index (χ2v) is 11.6. The summed E-state index contributed by atoms with van der Waals surface area (Å²) >= 11 is 12.5. The van der Waals surface area contributed by atoms with Gasteiger partial charge in [0.15, 0.2) is 0 Å². The lowest BCUT2D eigenvalue weighted by Crippen LogP contribution is -2.30. The largest absolute Gasteiger partial charge is 0.372 e. The summed E-state index contributed by atoms with van der Waals surface area (Å²) < 4.78 is 26.3. The molecule has 0 bridgehead atoms. The second kappa shape index (κ2) is 11.5. The fraction of sp³-hybridized carbons (Fsp3) is 0.296. The molecule has 6 nitrogen and oxygen atoms in total. The molecule has 0 aliphatic carbocycles. The first-order valence-electron chi connectivity index (χ1n) is 11.8. The number of nitrogens with one attached hydrogen (secondary N) is 1. The van der Waals surface area contributed by atoms with E-state index in [2.05, 4.69) is 22.3 Å². The summed E-state index contributed by atoms with van der Waals surface area (Å²) in [7, 11) is -3.63. The van der Waals surface area contributed by atoms with Crippen LogP contribution in [0.3, 0.4) is 0 Å². The van der Waals surface area contributed by atoms with Crippen molar-refractivity contribution in [1.29, 1.82) is 0 Å². The Labute approximate surface area is 222 Å². The number of carbonyl (C=O) groups excluding carboxylic acids is 1. The topological polar surface area (TPSA) is 69.7 Å². The van der Waals surface area contributed by atoms with Crippen LogP contribution in [0.15, 0.2) is 66.7 Å². The number of amides is 1. The predicted molar refractivity (Wildman–Crippen MR) is 148 cm³/mol. The van der Waals surface area contributed by atoms with Crippen molar-refractivity contribution in [2.75, 3.05) is 28.6 Å². The standard InChI is InChI=1S/C27H29Cl2N3O3S/c1-36(34,35)32(19-24-25(28)6-5-7-26(24)29)23-14-10-21(11-15-23)27(33)30-18-20-8-12-22(13-9-20)31-16-3-2-4-17-31/h5-15H,2-4,16-19H2,1H3,(H,30,33). The first-order chi connectivity index (χ1) is 17.2. The third-order valence-corrected chi connectivity index (χ3v) is 8.14. The summed E-state index contributed by atoms with van der Waals surface area (Å²) in [6.07, 6.45) is 4.87. The van der Waals surface area contributed by atoms with Gasteiger partial charge in [0.05, 0.1) is 18.5 Å². The molecule has 0 saturated carbocycles. The predicted octanol–water partition coefficient (Wildman–Crippen LogP) is 5.88. The first-order valence-corrected chi connectivity index (χ1v) is 14.5. The summed E-state index contributed by atoms with van der Waals surface area (Å²) in [6, 6.07) is 19.7. The molecule has 9 heteroatoms. The van der Waals surface area contributed by atoms with Crippen LogP contribution in [0, 0.1) is 0 Å². The third-order valence-electron chi connectivity index (χ3n) is 6.29. The SMILES string of the molecule is CS(=O)(=O)N(Cc1c(Cl)cccc1Cl)c1ccc(C(=O)NCc2ccc(N3CCCCC3)cc2)cc1. The summed E-state index contributed by atoms with van der Waals surface area (Å²) in [4.78, 5) is 15.1. The molecule has 0 radical (unpaired) electrons. The Kier molecular flexibility index (Phi) is 8.44. The van der Waals surface area contributed by atoms with Gasteiger partial charge in [0, 0.05) is 46.5 Å². The van der Waals surface area contributed by atoms with E-state index in [0.717, 1.165) is 24.9 Å². The first kappa shape index (κ1) is 26.3. The molecule has 190 valence electrons. The minimum absolute atomic E-state index is 0.0176. The van der Waals surface area contributed by atoms with Crippen molar-refractivity contribution < 1.29 is 13.2 Å². The molecule has 1 amide bonds. The van der Waals surface area contributed by atoms with Crippen LogP contribution in [-0.2, 0) is 23.1 Å². The van der Waals surface area contributed by atoms with Crippen molar-refractivity contribution in [1.82, 2.24) is 5.32 Å². The average Bonchev–Trinajstić information content (AvgIpc) is 2.87. The van der Waals surface area contributed by atoms with Gasteiger partial charge < -0.3 is 10.2 Å². The van der Waals surface area contributed by atoms with E-state index in [1.807, 2.05) is 12.1 Å². The van der Waals surface area contributed by atoms with Gasteiger partial charge in [0.2, 0.25) is 10.0 Å². The molecule has 1 fully saturated rings. The molecule has 0 spiro atoms. The minimum atomic E-state index is -3.63.